The molecule has 11 heteroatoms. The van der Waals surface area contributed by atoms with Gasteiger partial charge in [0.25, 0.3) is 0 Å². The largest absolute Gasteiger partial charge is 0.477 e. The van der Waals surface area contributed by atoms with Crippen molar-refractivity contribution in [3.8, 4) is 11.3 Å². The predicted octanol–water partition coefficient (Wildman–Crippen LogP) is 8.24. The number of fused-ring (bicyclic) bond motifs is 4. The van der Waals surface area contributed by atoms with Crippen LogP contribution >= 0.6 is 23.2 Å². The van der Waals surface area contributed by atoms with E-state index < -0.39 is 5.97 Å². The molecule has 9 nitrogen and oxygen atoms in total. The van der Waals surface area contributed by atoms with Gasteiger partial charge in [-0.25, -0.2) is 9.78 Å². The normalized spacial score (nSPS) is 24.6. The van der Waals surface area contributed by atoms with Crippen LogP contribution in [0.4, 0.5) is 5.82 Å². The van der Waals surface area contributed by atoms with Gasteiger partial charge in [0.2, 0.25) is 0 Å². The minimum atomic E-state index is -1.00. The highest BCUT2D eigenvalue weighted by Crippen LogP contribution is 2.55. The van der Waals surface area contributed by atoms with Gasteiger partial charge in [-0.1, -0.05) is 52.6 Å². The molecule has 0 amide bonds. The summed E-state index contributed by atoms with van der Waals surface area (Å²) < 4.78 is 12.7. The zero-order valence-electron chi connectivity index (χ0n) is 27.1. The molecular weight excluding hydrogens is 649 g/mol. The second-order valence-electron chi connectivity index (χ2n) is 14.2. The summed E-state index contributed by atoms with van der Waals surface area (Å²) in [4.78, 5) is 25.1. The Bertz CT molecular complexity index is 1870. The maximum absolute atomic E-state index is 11.9. The van der Waals surface area contributed by atoms with Crippen LogP contribution in [0.3, 0.4) is 0 Å². The number of carboxylic acids is 1. The maximum atomic E-state index is 11.9. The summed E-state index contributed by atoms with van der Waals surface area (Å²) in [6, 6.07) is 7.97. The quantitative estimate of drug-likeness (QED) is 0.186. The fraction of sp³-hybridized carbons (Fsp3) is 0.459. The Balaban J connectivity index is 0.989. The van der Waals surface area contributed by atoms with Crippen molar-refractivity contribution in [1.29, 1.82) is 0 Å². The van der Waals surface area contributed by atoms with Gasteiger partial charge < -0.3 is 24.2 Å². The van der Waals surface area contributed by atoms with E-state index in [4.69, 9.17) is 32.5 Å². The number of piperazine rings is 1. The van der Waals surface area contributed by atoms with Crippen LogP contribution in [0.2, 0.25) is 10.0 Å². The summed E-state index contributed by atoms with van der Waals surface area (Å²) in [6.07, 6.45) is 16.2. The molecule has 1 N–H and O–H groups in total. The second kappa shape index (κ2) is 12.4. The van der Waals surface area contributed by atoms with Crippen molar-refractivity contribution in [3.63, 3.8) is 0 Å². The van der Waals surface area contributed by atoms with E-state index in [2.05, 4.69) is 56.3 Å². The molecule has 4 heterocycles. The molecular formula is C37H39Cl2N5O4. The van der Waals surface area contributed by atoms with Crippen molar-refractivity contribution < 1.29 is 19.2 Å². The Morgan fingerprint density at radius 1 is 1.04 bits per heavy atom. The number of anilines is 1. The first-order chi connectivity index (χ1) is 23.2. The van der Waals surface area contributed by atoms with Crippen molar-refractivity contribution in [2.75, 3.05) is 38.1 Å². The zero-order valence-corrected chi connectivity index (χ0v) is 28.6. The van der Waals surface area contributed by atoms with Crippen LogP contribution in [0.15, 0.2) is 47.3 Å². The zero-order chi connectivity index (χ0) is 33.0. The van der Waals surface area contributed by atoms with E-state index in [1.807, 2.05) is 6.07 Å². The molecule has 4 aromatic rings. The summed E-state index contributed by atoms with van der Waals surface area (Å²) in [5.74, 6) is 1.03. The lowest BCUT2D eigenvalue weighted by Gasteiger charge is -2.52. The molecule has 1 aromatic carbocycles. The van der Waals surface area contributed by atoms with E-state index in [9.17, 15) is 9.90 Å². The number of carbonyl (C=O) groups is 1. The summed E-state index contributed by atoms with van der Waals surface area (Å²) in [6.45, 7) is 3.90. The molecule has 4 aliphatic carbocycles. The minimum Gasteiger partial charge on any atom is -0.477 e. The van der Waals surface area contributed by atoms with Gasteiger partial charge in [0.05, 0.1) is 22.3 Å². The molecule has 5 aliphatic rings. The van der Waals surface area contributed by atoms with Crippen LogP contribution in [0, 0.1) is 5.41 Å². The Hall–Kier alpha value is -3.50. The van der Waals surface area contributed by atoms with Gasteiger partial charge in [0, 0.05) is 61.0 Å². The molecule has 2 bridgehead atoms. The molecule has 9 rings (SSSR count). The number of pyridine rings is 2. The number of carboxylic acid groups (broad SMARTS) is 1. The number of benzene rings is 1. The number of aromatic carboxylic acids is 1. The third-order valence-corrected chi connectivity index (χ3v) is 11.7. The second-order valence-corrected chi connectivity index (χ2v) is 15.0. The third-order valence-electron chi connectivity index (χ3n) is 11.1. The molecule has 1 aliphatic heterocycles. The first kappa shape index (κ1) is 31.7. The molecule has 5 fully saturated rings. The fourth-order valence-corrected chi connectivity index (χ4v) is 8.37. The molecule has 3 aromatic heterocycles. The molecule has 0 spiro atoms. The Morgan fingerprint density at radius 2 is 1.75 bits per heavy atom. The predicted molar refractivity (Wildman–Crippen MR) is 187 cm³/mol. The molecule has 250 valence electrons. The first-order valence-corrected chi connectivity index (χ1v) is 17.7. The minimum absolute atomic E-state index is 0.0858. The number of likely N-dealkylation sites (N-methyl/N-ethyl adjacent to an activating group) is 1. The highest BCUT2D eigenvalue weighted by Gasteiger charge is 2.48. The van der Waals surface area contributed by atoms with Crippen LogP contribution in [0.25, 0.3) is 28.1 Å². The molecule has 1 saturated heterocycles. The summed E-state index contributed by atoms with van der Waals surface area (Å²) in [5, 5.41) is 17.0. The van der Waals surface area contributed by atoms with Crippen LogP contribution in [0.5, 0.6) is 0 Å². The molecule has 0 unspecified atom stereocenters. The van der Waals surface area contributed by atoms with Gasteiger partial charge >= 0.3 is 5.97 Å². The lowest BCUT2D eigenvalue weighted by atomic mass is 9.58. The summed E-state index contributed by atoms with van der Waals surface area (Å²) in [7, 11) is 2.11. The molecule has 4 saturated carbocycles. The summed E-state index contributed by atoms with van der Waals surface area (Å²) in [5.41, 5.74) is 3.45. The Labute approximate surface area is 289 Å². The van der Waals surface area contributed by atoms with Crippen LogP contribution < -0.4 is 4.90 Å². The lowest BCUT2D eigenvalue weighted by Crippen LogP contribution is -2.46. The monoisotopic (exact) mass is 687 g/mol. The Morgan fingerprint density at radius 3 is 2.42 bits per heavy atom. The van der Waals surface area contributed by atoms with Crippen molar-refractivity contribution in [2.45, 2.75) is 69.5 Å². The van der Waals surface area contributed by atoms with Gasteiger partial charge in [0.1, 0.15) is 17.3 Å². The van der Waals surface area contributed by atoms with Crippen LogP contribution in [-0.4, -0.2) is 69.9 Å². The number of hydrogen-bond acceptors (Lipinski definition) is 8. The van der Waals surface area contributed by atoms with E-state index in [0.717, 1.165) is 111 Å². The average Bonchev–Trinajstić information content (AvgIpc) is 3.86. The first-order valence-electron chi connectivity index (χ1n) is 16.9. The van der Waals surface area contributed by atoms with E-state index in [0.29, 0.717) is 33.8 Å². The Kier molecular flexibility index (Phi) is 8.22. The van der Waals surface area contributed by atoms with E-state index in [1.54, 1.807) is 18.5 Å². The SMILES string of the molecule is CN1CCN(c2nc(C(=O)O)cc3ccc(/C=C/C45CCC(OCc6c(-c7c(Cl)cncc7Cl)noc6C6CC6)(CC4)CC5)cc23)CC1. The lowest BCUT2D eigenvalue weighted by molar-refractivity contribution is -0.133. The number of hydrogen-bond donors (Lipinski definition) is 1. The van der Waals surface area contributed by atoms with Crippen molar-refractivity contribution >= 4 is 51.8 Å². The van der Waals surface area contributed by atoms with Crippen molar-refractivity contribution in [3.05, 3.63) is 75.4 Å². The van der Waals surface area contributed by atoms with E-state index >= 15 is 0 Å². The standard InChI is InChI=1S/C37H39Cl2N5O4/c1-43-14-16-44(17-15-43)34-26-18-23(2-3-25(26)19-30(41-34)35(45)46)6-7-36-8-11-37(12-9-36,13-10-36)47-22-27-32(42-48-33(27)24-4-5-24)31-28(38)20-40-21-29(31)39/h2-3,6-7,18-21,24H,4-5,8-17,22H2,1H3,(H,45,46)/b7-6+. The number of rotatable bonds is 9. The van der Waals surface area contributed by atoms with Crippen molar-refractivity contribution in [1.82, 2.24) is 20.0 Å². The number of ether oxygens (including phenoxy) is 1. The number of halogens is 2. The summed E-state index contributed by atoms with van der Waals surface area (Å²) >= 11 is 13.1. The van der Waals surface area contributed by atoms with Gasteiger partial charge in [0.15, 0.2) is 5.69 Å². The number of allylic oxidation sites excluding steroid dienone is 1. The average molecular weight is 689 g/mol. The van der Waals surface area contributed by atoms with Gasteiger partial charge in [-0.3, -0.25) is 4.98 Å². The highest BCUT2D eigenvalue weighted by molar-refractivity contribution is 6.38. The number of nitrogens with zero attached hydrogens (tertiary/aromatic N) is 5. The third kappa shape index (κ3) is 5.99. The van der Waals surface area contributed by atoms with E-state index in [1.165, 1.54) is 0 Å². The van der Waals surface area contributed by atoms with E-state index in [-0.39, 0.29) is 16.7 Å². The number of aromatic nitrogens is 3. The topological polar surface area (TPSA) is 105 Å². The van der Waals surface area contributed by atoms with Gasteiger partial charge in [-0.15, -0.1) is 0 Å². The maximum Gasteiger partial charge on any atom is 0.354 e. The van der Waals surface area contributed by atoms with Crippen LogP contribution in [0.1, 0.15) is 84.7 Å². The molecule has 48 heavy (non-hydrogen) atoms. The van der Waals surface area contributed by atoms with Gasteiger partial charge in [-0.05, 0) is 86.9 Å². The van der Waals surface area contributed by atoms with Crippen LogP contribution in [-0.2, 0) is 11.3 Å². The van der Waals surface area contributed by atoms with Crippen molar-refractivity contribution in [2.24, 2.45) is 5.41 Å². The highest BCUT2D eigenvalue weighted by atomic mass is 35.5. The fourth-order valence-electron chi connectivity index (χ4n) is 7.83. The van der Waals surface area contributed by atoms with Gasteiger partial charge in [-0.2, -0.15) is 0 Å². The molecule has 0 radical (unpaired) electrons. The smallest absolute Gasteiger partial charge is 0.354 e. The molecule has 0 atom stereocenters.